The highest BCUT2D eigenvalue weighted by molar-refractivity contribution is 6.08. The van der Waals surface area contributed by atoms with Crippen LogP contribution in [-0.2, 0) is 14.4 Å². The minimum absolute atomic E-state index is 0.181. The predicted octanol–water partition coefficient (Wildman–Crippen LogP) is 1.25. The van der Waals surface area contributed by atoms with Crippen LogP contribution in [-0.4, -0.2) is 47.4 Å². The van der Waals surface area contributed by atoms with E-state index in [0.717, 1.165) is 0 Å². The Bertz CT molecular complexity index is 686. The van der Waals surface area contributed by atoms with Crippen molar-refractivity contribution in [2.45, 2.75) is 25.3 Å². The van der Waals surface area contributed by atoms with Gasteiger partial charge < -0.3 is 14.9 Å². The molecule has 3 rings (SSSR count). The number of halogens is 1. The summed E-state index contributed by atoms with van der Waals surface area (Å²) in [5, 5.41) is 9.21. The summed E-state index contributed by atoms with van der Waals surface area (Å²) in [6.45, 7) is 0.294. The van der Waals surface area contributed by atoms with Crippen LogP contribution >= 0.6 is 0 Å². The standard InChI is InChI=1S/C16H17FN2O4/c1-18(14(21)16(7-8-16)15(22)23)12-6-9-19(13(12)20)11-5-3-2-4-10(11)17/h2-5,12H,6-9H2,1H3,(H,22,23)/t12-/m0/s1. The van der Waals surface area contributed by atoms with Crippen molar-refractivity contribution in [3.63, 3.8) is 0 Å². The first kappa shape index (κ1) is 15.5. The molecule has 122 valence electrons. The zero-order valence-electron chi connectivity index (χ0n) is 12.7. The van der Waals surface area contributed by atoms with E-state index in [1.54, 1.807) is 6.07 Å². The molecule has 7 heteroatoms. The van der Waals surface area contributed by atoms with Crippen molar-refractivity contribution in [3.05, 3.63) is 30.1 Å². The smallest absolute Gasteiger partial charge is 0.319 e. The molecule has 23 heavy (non-hydrogen) atoms. The molecule has 0 bridgehead atoms. The summed E-state index contributed by atoms with van der Waals surface area (Å²) in [6, 6.07) is 5.21. The van der Waals surface area contributed by atoms with Gasteiger partial charge in [0.05, 0.1) is 5.69 Å². The molecule has 1 saturated carbocycles. The molecule has 1 aromatic carbocycles. The number of hydrogen-bond donors (Lipinski definition) is 1. The zero-order valence-corrected chi connectivity index (χ0v) is 12.7. The number of carboxylic acid groups (broad SMARTS) is 1. The highest BCUT2D eigenvalue weighted by atomic mass is 19.1. The molecule has 1 atom stereocenters. The minimum Gasteiger partial charge on any atom is -0.480 e. The molecule has 1 aliphatic heterocycles. The molecule has 0 unspecified atom stereocenters. The first-order valence-corrected chi connectivity index (χ1v) is 7.45. The van der Waals surface area contributed by atoms with Crippen molar-refractivity contribution in [1.82, 2.24) is 4.90 Å². The predicted molar refractivity (Wildman–Crippen MR) is 79.2 cm³/mol. The van der Waals surface area contributed by atoms with E-state index in [-0.39, 0.29) is 11.6 Å². The van der Waals surface area contributed by atoms with Gasteiger partial charge in [-0.25, -0.2) is 4.39 Å². The molecule has 1 aromatic rings. The number of carbonyl (C=O) groups is 3. The number of para-hydroxylation sites is 1. The molecule has 0 aromatic heterocycles. The van der Waals surface area contributed by atoms with Gasteiger partial charge in [-0.05, 0) is 31.4 Å². The van der Waals surface area contributed by atoms with Crippen LogP contribution in [0.1, 0.15) is 19.3 Å². The highest BCUT2D eigenvalue weighted by Crippen LogP contribution is 2.48. The van der Waals surface area contributed by atoms with Gasteiger partial charge in [0.1, 0.15) is 17.3 Å². The summed E-state index contributed by atoms with van der Waals surface area (Å²) in [4.78, 5) is 38.7. The average Bonchev–Trinajstić information content (AvgIpc) is 3.26. The van der Waals surface area contributed by atoms with Crippen molar-refractivity contribution in [3.8, 4) is 0 Å². The lowest BCUT2D eigenvalue weighted by Gasteiger charge is -2.26. The number of carbonyl (C=O) groups excluding carboxylic acids is 2. The van der Waals surface area contributed by atoms with Crippen molar-refractivity contribution < 1.29 is 23.9 Å². The number of hydrogen-bond acceptors (Lipinski definition) is 3. The Kier molecular flexibility index (Phi) is 3.58. The Labute approximate surface area is 132 Å². The van der Waals surface area contributed by atoms with Crippen LogP contribution in [0.4, 0.5) is 10.1 Å². The summed E-state index contributed by atoms with van der Waals surface area (Å²) < 4.78 is 13.9. The molecule has 2 aliphatic rings. The molecule has 0 radical (unpaired) electrons. The van der Waals surface area contributed by atoms with E-state index < -0.39 is 29.2 Å². The van der Waals surface area contributed by atoms with Gasteiger partial charge in [0.25, 0.3) is 0 Å². The molecule has 1 heterocycles. The topological polar surface area (TPSA) is 77.9 Å². The number of benzene rings is 1. The average molecular weight is 320 g/mol. The first-order valence-electron chi connectivity index (χ1n) is 7.45. The maximum atomic E-state index is 13.9. The normalized spacial score (nSPS) is 22.1. The van der Waals surface area contributed by atoms with E-state index in [9.17, 15) is 23.9 Å². The van der Waals surface area contributed by atoms with E-state index in [2.05, 4.69) is 0 Å². The van der Waals surface area contributed by atoms with Crippen molar-refractivity contribution in [1.29, 1.82) is 0 Å². The molecule has 1 aliphatic carbocycles. The third-order valence-corrected chi connectivity index (χ3v) is 4.68. The summed E-state index contributed by atoms with van der Waals surface area (Å²) >= 11 is 0. The third-order valence-electron chi connectivity index (χ3n) is 4.68. The summed E-state index contributed by atoms with van der Waals surface area (Å²) in [6.07, 6.45) is 0.942. The van der Waals surface area contributed by atoms with E-state index in [1.165, 1.54) is 35.0 Å². The Balaban J connectivity index is 1.78. The molecule has 6 nitrogen and oxygen atoms in total. The van der Waals surface area contributed by atoms with Crippen LogP contribution in [0.3, 0.4) is 0 Å². The quantitative estimate of drug-likeness (QED) is 0.847. The fraction of sp³-hybridized carbons (Fsp3) is 0.438. The lowest BCUT2D eigenvalue weighted by molar-refractivity contribution is -0.154. The van der Waals surface area contributed by atoms with Crippen LogP contribution in [0.25, 0.3) is 0 Å². The second-order valence-electron chi connectivity index (χ2n) is 6.05. The van der Waals surface area contributed by atoms with Crippen molar-refractivity contribution in [2.24, 2.45) is 5.41 Å². The van der Waals surface area contributed by atoms with Gasteiger partial charge in [-0.15, -0.1) is 0 Å². The van der Waals surface area contributed by atoms with Crippen LogP contribution in [0.5, 0.6) is 0 Å². The largest absolute Gasteiger partial charge is 0.480 e. The fourth-order valence-electron chi connectivity index (χ4n) is 3.06. The summed E-state index contributed by atoms with van der Waals surface area (Å²) in [7, 11) is 1.44. The Hall–Kier alpha value is -2.44. The van der Waals surface area contributed by atoms with Crippen LogP contribution < -0.4 is 4.90 Å². The van der Waals surface area contributed by atoms with E-state index >= 15 is 0 Å². The van der Waals surface area contributed by atoms with Gasteiger partial charge in [-0.3, -0.25) is 14.4 Å². The van der Waals surface area contributed by atoms with E-state index in [4.69, 9.17) is 0 Å². The number of likely N-dealkylation sites (N-methyl/N-ethyl adjacent to an activating group) is 1. The maximum Gasteiger partial charge on any atom is 0.319 e. The van der Waals surface area contributed by atoms with Gasteiger partial charge >= 0.3 is 5.97 Å². The Morgan fingerprint density at radius 2 is 2.00 bits per heavy atom. The molecular formula is C16H17FN2O4. The van der Waals surface area contributed by atoms with Gasteiger partial charge in [0.2, 0.25) is 11.8 Å². The number of rotatable bonds is 4. The zero-order chi connectivity index (χ0) is 16.8. The van der Waals surface area contributed by atoms with Gasteiger partial charge in [-0.2, -0.15) is 0 Å². The van der Waals surface area contributed by atoms with Crippen LogP contribution in [0, 0.1) is 11.2 Å². The Morgan fingerprint density at radius 1 is 1.35 bits per heavy atom. The third kappa shape index (κ3) is 2.36. The van der Waals surface area contributed by atoms with Gasteiger partial charge in [-0.1, -0.05) is 12.1 Å². The maximum absolute atomic E-state index is 13.9. The molecule has 2 amide bonds. The van der Waals surface area contributed by atoms with E-state index in [1.807, 2.05) is 0 Å². The number of carboxylic acids is 1. The number of nitrogens with zero attached hydrogens (tertiary/aromatic N) is 2. The number of anilines is 1. The second kappa shape index (κ2) is 5.33. The first-order chi connectivity index (χ1) is 10.9. The Morgan fingerprint density at radius 3 is 2.57 bits per heavy atom. The molecule has 0 spiro atoms. The summed E-state index contributed by atoms with van der Waals surface area (Å²) in [5.74, 6) is -2.57. The highest BCUT2D eigenvalue weighted by Gasteiger charge is 2.59. The fourth-order valence-corrected chi connectivity index (χ4v) is 3.06. The second-order valence-corrected chi connectivity index (χ2v) is 6.05. The molecule has 1 saturated heterocycles. The molecular weight excluding hydrogens is 303 g/mol. The van der Waals surface area contributed by atoms with Crippen LogP contribution in [0.2, 0.25) is 0 Å². The number of amides is 2. The monoisotopic (exact) mass is 320 g/mol. The lowest BCUT2D eigenvalue weighted by atomic mass is 10.0. The molecule has 1 N–H and O–H groups in total. The van der Waals surface area contributed by atoms with Crippen molar-refractivity contribution in [2.75, 3.05) is 18.5 Å². The SMILES string of the molecule is CN(C(=O)C1(C(=O)O)CC1)[C@H]1CCN(c2ccccc2F)C1=O. The summed E-state index contributed by atoms with van der Waals surface area (Å²) in [5.41, 5.74) is -1.19. The minimum atomic E-state index is -1.37. The van der Waals surface area contributed by atoms with Crippen LogP contribution in [0.15, 0.2) is 24.3 Å². The number of aliphatic carboxylic acids is 1. The van der Waals surface area contributed by atoms with Gasteiger partial charge in [0, 0.05) is 13.6 Å². The lowest BCUT2D eigenvalue weighted by Crippen LogP contribution is -2.47. The van der Waals surface area contributed by atoms with Gasteiger partial charge in [0.15, 0.2) is 0 Å². The van der Waals surface area contributed by atoms with E-state index in [0.29, 0.717) is 25.8 Å². The molecule has 2 fully saturated rings. The van der Waals surface area contributed by atoms with Crippen molar-refractivity contribution >= 4 is 23.5 Å².